The fourth-order valence-electron chi connectivity index (χ4n) is 2.98. The molecule has 0 heterocycles. The number of alkyl halides is 1. The van der Waals surface area contributed by atoms with Crippen LogP contribution in [0, 0.1) is 6.92 Å². The van der Waals surface area contributed by atoms with E-state index in [1.165, 1.54) is 21.6 Å². The van der Waals surface area contributed by atoms with E-state index in [0.717, 1.165) is 16.7 Å². The largest absolute Gasteiger partial charge is 0.239 e. The summed E-state index contributed by atoms with van der Waals surface area (Å²) in [5.74, 6) is 8.46. The molecule has 0 aliphatic carbocycles. The average Bonchev–Trinajstić information content (AvgIpc) is 2.67. The van der Waals surface area contributed by atoms with Gasteiger partial charge in [0, 0.05) is 0 Å². The lowest BCUT2D eigenvalue weighted by molar-refractivity contribution is 0.221. The maximum absolute atomic E-state index is 13.3. The lowest BCUT2D eigenvalue weighted by atomic mass is 9.99. The third kappa shape index (κ3) is 8.59. The smallest absolute Gasteiger partial charge is 0.130 e. The monoisotopic (exact) mass is 436 g/mol. The van der Waals surface area contributed by atoms with Gasteiger partial charge in [-0.3, -0.25) is 0 Å². The lowest BCUT2D eigenvalue weighted by Crippen LogP contribution is -2.08. The summed E-state index contributed by atoms with van der Waals surface area (Å²) in [5, 5.41) is 0. The summed E-state index contributed by atoms with van der Waals surface area (Å²) < 4.78 is 13.3. The zero-order valence-electron chi connectivity index (χ0n) is 20.0. The van der Waals surface area contributed by atoms with Gasteiger partial charge in [-0.1, -0.05) is 96.7 Å². The van der Waals surface area contributed by atoms with Crippen LogP contribution in [0.2, 0.25) is 0 Å². The first-order valence-corrected chi connectivity index (χ1v) is 12.6. The van der Waals surface area contributed by atoms with Crippen molar-refractivity contribution in [3.05, 3.63) is 107 Å². The van der Waals surface area contributed by atoms with Crippen LogP contribution in [0.1, 0.15) is 49.9 Å². The van der Waals surface area contributed by atoms with E-state index in [9.17, 15) is 4.39 Å². The van der Waals surface area contributed by atoms with Crippen LogP contribution in [0.5, 0.6) is 0 Å². The highest BCUT2D eigenvalue weighted by Crippen LogP contribution is 2.35. The van der Waals surface area contributed by atoms with Gasteiger partial charge in [-0.05, 0) is 74.1 Å². The highest BCUT2D eigenvalue weighted by molar-refractivity contribution is 8.30. The van der Waals surface area contributed by atoms with Crippen LogP contribution in [0.3, 0.4) is 0 Å². The van der Waals surface area contributed by atoms with Gasteiger partial charge in [0.1, 0.15) is 5.67 Å². The molecule has 0 fully saturated rings. The first kappa shape index (κ1) is 26.5. The van der Waals surface area contributed by atoms with Crippen LogP contribution >= 0.6 is 9.21 Å². The average molecular weight is 437 g/mol. The summed E-state index contributed by atoms with van der Waals surface area (Å²) in [6.07, 6.45) is 7.90. The third-order valence-corrected chi connectivity index (χ3v) is 6.30. The predicted molar refractivity (Wildman–Crippen MR) is 146 cm³/mol. The van der Waals surface area contributed by atoms with E-state index >= 15 is 0 Å². The van der Waals surface area contributed by atoms with E-state index in [0.29, 0.717) is 0 Å². The standard InChI is InChI=1S/C19H24S.C10H13F/c1-8-9-10-19(20(5,6)7)16(4)18-13-11-17(12-14-18)15(2)3;1-8-5-4-6-9(7-8)10(2,3)11/h8-14H,1-2,5-6H2,3-4,7H3;4-7H,1-3H3/b10-9-,19-16-;. The molecule has 0 unspecified atom stereocenters. The lowest BCUT2D eigenvalue weighted by Gasteiger charge is -2.15. The van der Waals surface area contributed by atoms with Crippen LogP contribution in [0.15, 0.2) is 84.8 Å². The summed E-state index contributed by atoms with van der Waals surface area (Å²) >= 11 is 0. The number of halogens is 1. The molecule has 0 nitrogen and oxygen atoms in total. The van der Waals surface area contributed by atoms with E-state index in [1.54, 1.807) is 19.9 Å². The quantitative estimate of drug-likeness (QED) is 0.314. The fraction of sp³-hybridized carbons (Fsp3) is 0.241. The Morgan fingerprint density at radius 2 is 1.55 bits per heavy atom. The van der Waals surface area contributed by atoms with Gasteiger partial charge in [-0.25, -0.2) is 4.39 Å². The molecular weight excluding hydrogens is 399 g/mol. The van der Waals surface area contributed by atoms with Gasteiger partial charge in [-0.15, -0.1) is 0 Å². The van der Waals surface area contributed by atoms with Crippen molar-refractivity contribution >= 4 is 32.1 Å². The van der Waals surface area contributed by atoms with Crippen molar-refractivity contribution in [1.29, 1.82) is 0 Å². The Morgan fingerprint density at radius 1 is 1.00 bits per heavy atom. The molecular formula is C29H37FS. The van der Waals surface area contributed by atoms with Gasteiger partial charge in [0.15, 0.2) is 0 Å². The van der Waals surface area contributed by atoms with Crippen molar-refractivity contribution < 1.29 is 4.39 Å². The molecule has 0 spiro atoms. The molecule has 2 aromatic carbocycles. The normalized spacial score (nSPS) is 12.6. The minimum absolute atomic E-state index is 0.748. The summed E-state index contributed by atoms with van der Waals surface area (Å²) in [5.41, 5.74) is 5.31. The molecule has 0 aliphatic heterocycles. The number of hydrogen-bond acceptors (Lipinski definition) is 0. The van der Waals surface area contributed by atoms with E-state index in [1.807, 2.05) is 44.2 Å². The topological polar surface area (TPSA) is 0 Å². The van der Waals surface area contributed by atoms with E-state index in [2.05, 4.69) is 68.4 Å². The third-order valence-electron chi connectivity index (χ3n) is 4.80. The fourth-order valence-corrected chi connectivity index (χ4v) is 4.24. The Hall–Kier alpha value is -2.58. The minimum Gasteiger partial charge on any atom is -0.239 e. The minimum atomic E-state index is -1.28. The zero-order valence-corrected chi connectivity index (χ0v) is 20.8. The molecule has 0 bridgehead atoms. The zero-order chi connectivity index (χ0) is 23.8. The van der Waals surface area contributed by atoms with Gasteiger partial charge in [0.05, 0.1) is 0 Å². The van der Waals surface area contributed by atoms with Crippen LogP contribution in [-0.2, 0) is 5.67 Å². The Bertz CT molecular complexity index is 1070. The number of hydrogen-bond donors (Lipinski definition) is 0. The number of allylic oxidation sites excluding steroid dienone is 5. The van der Waals surface area contributed by atoms with Crippen molar-refractivity contribution in [2.24, 2.45) is 0 Å². The second-order valence-electron chi connectivity index (χ2n) is 8.56. The summed E-state index contributed by atoms with van der Waals surface area (Å²) in [6, 6.07) is 16.0. The SMILES string of the molecule is C=C/C=C\C(=C(/C)c1ccc(C(=C)C)cc1)S(=C)(=C)C.Cc1cccc(C(C)(C)F)c1. The summed E-state index contributed by atoms with van der Waals surface area (Å²) in [4.78, 5) is 1.19. The van der Waals surface area contributed by atoms with Crippen LogP contribution in [0.4, 0.5) is 4.39 Å². The molecule has 0 aliphatic rings. The maximum Gasteiger partial charge on any atom is 0.130 e. The summed E-state index contributed by atoms with van der Waals surface area (Å²) in [6.45, 7) is 16.9. The van der Waals surface area contributed by atoms with Crippen LogP contribution in [-0.4, -0.2) is 18.0 Å². The van der Waals surface area contributed by atoms with Crippen LogP contribution in [0.25, 0.3) is 11.1 Å². The number of benzene rings is 2. The van der Waals surface area contributed by atoms with Crippen molar-refractivity contribution in [1.82, 2.24) is 0 Å². The first-order valence-electron chi connectivity index (χ1n) is 10.2. The van der Waals surface area contributed by atoms with Gasteiger partial charge < -0.3 is 0 Å². The molecule has 0 atom stereocenters. The Morgan fingerprint density at radius 3 is 1.94 bits per heavy atom. The molecule has 0 saturated carbocycles. The Labute approximate surface area is 190 Å². The molecule has 2 heteroatoms. The van der Waals surface area contributed by atoms with Gasteiger partial charge in [-0.2, -0.15) is 9.21 Å². The van der Waals surface area contributed by atoms with Crippen LogP contribution < -0.4 is 0 Å². The molecule has 0 saturated heterocycles. The molecule has 0 aromatic heterocycles. The molecule has 166 valence electrons. The van der Waals surface area contributed by atoms with Gasteiger partial charge >= 0.3 is 0 Å². The van der Waals surface area contributed by atoms with Crippen molar-refractivity contribution in [2.75, 3.05) is 6.26 Å². The van der Waals surface area contributed by atoms with Crippen molar-refractivity contribution in [3.63, 3.8) is 0 Å². The molecule has 0 N–H and O–H groups in total. The molecule has 0 radical (unpaired) electrons. The maximum atomic E-state index is 13.3. The number of aryl methyl sites for hydroxylation is 1. The van der Waals surface area contributed by atoms with E-state index in [-0.39, 0.29) is 0 Å². The Kier molecular flexibility index (Phi) is 9.52. The van der Waals surface area contributed by atoms with Crippen molar-refractivity contribution in [2.45, 2.75) is 40.3 Å². The Balaban J connectivity index is 0.000000367. The highest BCUT2D eigenvalue weighted by atomic mass is 32.2. The van der Waals surface area contributed by atoms with E-state index in [4.69, 9.17) is 0 Å². The second kappa shape index (κ2) is 11.2. The first-order chi connectivity index (χ1) is 14.3. The molecule has 2 rings (SSSR count). The van der Waals surface area contributed by atoms with Crippen molar-refractivity contribution in [3.8, 4) is 0 Å². The highest BCUT2D eigenvalue weighted by Gasteiger charge is 2.17. The summed E-state index contributed by atoms with van der Waals surface area (Å²) in [7, 11) is -1.28. The van der Waals surface area contributed by atoms with E-state index < -0.39 is 14.9 Å². The van der Waals surface area contributed by atoms with Gasteiger partial charge in [0.25, 0.3) is 0 Å². The number of rotatable bonds is 6. The molecule has 2 aromatic rings. The molecule has 31 heavy (non-hydrogen) atoms. The van der Waals surface area contributed by atoms with Gasteiger partial charge in [0.2, 0.25) is 0 Å². The second-order valence-corrected chi connectivity index (χ2v) is 11.5. The predicted octanol–water partition coefficient (Wildman–Crippen LogP) is 8.69. The molecule has 0 amide bonds.